The van der Waals surface area contributed by atoms with Gasteiger partial charge < -0.3 is 5.73 Å². The minimum absolute atomic E-state index is 0.00345. The Bertz CT molecular complexity index is 577. The van der Waals surface area contributed by atoms with Gasteiger partial charge in [-0.05, 0) is 48.4 Å². The molecule has 0 amide bonds. The number of rotatable bonds is 5. The third-order valence-corrected chi connectivity index (χ3v) is 4.82. The van der Waals surface area contributed by atoms with E-state index in [4.69, 9.17) is 17.3 Å². The molecule has 0 saturated heterocycles. The van der Waals surface area contributed by atoms with Crippen LogP contribution in [0.15, 0.2) is 51.8 Å². The zero-order valence-electron chi connectivity index (χ0n) is 10.7. The van der Waals surface area contributed by atoms with Gasteiger partial charge >= 0.3 is 0 Å². The fraction of sp³-hybridized carbons (Fsp3) is 0.200. The number of halogens is 3. The standard InChI is InChI=1S/C15H14BrClFNS/c16-11-2-1-10(15(17)8-11)7-13(19)9-20-14-5-3-12(18)4-6-14/h1-6,8,13H,7,9,19H2. The van der Waals surface area contributed by atoms with E-state index in [1.807, 2.05) is 18.2 Å². The van der Waals surface area contributed by atoms with Crippen LogP contribution in [0, 0.1) is 5.82 Å². The number of hydrogen-bond acceptors (Lipinski definition) is 2. The van der Waals surface area contributed by atoms with Crippen molar-refractivity contribution in [3.63, 3.8) is 0 Å². The first-order chi connectivity index (χ1) is 9.54. The maximum Gasteiger partial charge on any atom is 0.123 e. The second kappa shape index (κ2) is 7.46. The Labute approximate surface area is 135 Å². The molecule has 0 aliphatic heterocycles. The van der Waals surface area contributed by atoms with E-state index in [1.165, 1.54) is 12.1 Å². The third-order valence-electron chi connectivity index (χ3n) is 2.77. The summed E-state index contributed by atoms with van der Waals surface area (Å²) < 4.78 is 13.8. The Hall–Kier alpha value is -0.550. The highest BCUT2D eigenvalue weighted by atomic mass is 79.9. The van der Waals surface area contributed by atoms with Gasteiger partial charge in [0.05, 0.1) is 0 Å². The molecule has 0 aliphatic carbocycles. The van der Waals surface area contributed by atoms with Crippen LogP contribution in [0.2, 0.25) is 5.02 Å². The van der Waals surface area contributed by atoms with Crippen LogP contribution in [0.1, 0.15) is 5.56 Å². The van der Waals surface area contributed by atoms with Gasteiger partial charge in [0, 0.05) is 26.2 Å². The van der Waals surface area contributed by atoms with Crippen molar-refractivity contribution in [2.45, 2.75) is 17.4 Å². The molecule has 0 heterocycles. The molecule has 1 unspecified atom stereocenters. The molecule has 0 saturated carbocycles. The normalized spacial score (nSPS) is 12.4. The molecule has 0 fully saturated rings. The summed E-state index contributed by atoms with van der Waals surface area (Å²) in [6.07, 6.45) is 0.723. The van der Waals surface area contributed by atoms with E-state index in [2.05, 4.69) is 15.9 Å². The molecule has 5 heteroatoms. The lowest BCUT2D eigenvalue weighted by atomic mass is 10.1. The summed E-state index contributed by atoms with van der Waals surface area (Å²) in [5.74, 6) is 0.540. The van der Waals surface area contributed by atoms with Crippen molar-refractivity contribution in [3.8, 4) is 0 Å². The van der Waals surface area contributed by atoms with E-state index in [0.717, 1.165) is 32.1 Å². The lowest BCUT2D eigenvalue weighted by molar-refractivity contribution is 0.626. The molecular weight excluding hydrogens is 361 g/mol. The van der Waals surface area contributed by atoms with Gasteiger partial charge in [-0.3, -0.25) is 0 Å². The van der Waals surface area contributed by atoms with Gasteiger partial charge in [-0.1, -0.05) is 33.6 Å². The smallest absolute Gasteiger partial charge is 0.123 e. The maximum absolute atomic E-state index is 12.8. The Morgan fingerprint density at radius 3 is 2.55 bits per heavy atom. The van der Waals surface area contributed by atoms with E-state index in [1.54, 1.807) is 23.9 Å². The Kier molecular flexibility index (Phi) is 5.90. The van der Waals surface area contributed by atoms with Gasteiger partial charge in [0.15, 0.2) is 0 Å². The minimum atomic E-state index is -0.222. The highest BCUT2D eigenvalue weighted by molar-refractivity contribution is 9.10. The van der Waals surface area contributed by atoms with Crippen molar-refractivity contribution in [2.24, 2.45) is 5.73 Å². The van der Waals surface area contributed by atoms with Crippen molar-refractivity contribution < 1.29 is 4.39 Å². The van der Waals surface area contributed by atoms with E-state index >= 15 is 0 Å². The van der Waals surface area contributed by atoms with Crippen molar-refractivity contribution in [3.05, 3.63) is 63.3 Å². The van der Waals surface area contributed by atoms with Crippen LogP contribution >= 0.6 is 39.3 Å². The van der Waals surface area contributed by atoms with Crippen LogP contribution in [0.3, 0.4) is 0 Å². The summed E-state index contributed by atoms with van der Waals surface area (Å²) in [6, 6.07) is 12.3. The quantitative estimate of drug-likeness (QED) is 0.753. The molecular formula is C15H14BrClFNS. The van der Waals surface area contributed by atoms with E-state index in [0.29, 0.717) is 0 Å². The lowest BCUT2D eigenvalue weighted by Crippen LogP contribution is -2.25. The van der Waals surface area contributed by atoms with Crippen molar-refractivity contribution in [2.75, 3.05) is 5.75 Å². The largest absolute Gasteiger partial charge is 0.327 e. The average molecular weight is 375 g/mol. The van der Waals surface area contributed by atoms with Crippen LogP contribution in [0.4, 0.5) is 4.39 Å². The molecule has 0 aromatic heterocycles. The molecule has 2 aromatic rings. The van der Waals surface area contributed by atoms with Gasteiger partial charge in [-0.25, -0.2) is 4.39 Å². The summed E-state index contributed by atoms with van der Waals surface area (Å²) in [5.41, 5.74) is 7.17. The van der Waals surface area contributed by atoms with Gasteiger partial charge in [-0.2, -0.15) is 0 Å². The monoisotopic (exact) mass is 373 g/mol. The van der Waals surface area contributed by atoms with Gasteiger partial charge in [0.1, 0.15) is 5.82 Å². The molecule has 2 aromatic carbocycles. The van der Waals surface area contributed by atoms with Crippen LogP contribution in [-0.2, 0) is 6.42 Å². The summed E-state index contributed by atoms with van der Waals surface area (Å²) in [4.78, 5) is 1.02. The van der Waals surface area contributed by atoms with Gasteiger partial charge in [0.25, 0.3) is 0 Å². The van der Waals surface area contributed by atoms with Crippen LogP contribution < -0.4 is 5.73 Å². The number of thioether (sulfide) groups is 1. The molecule has 2 N–H and O–H groups in total. The second-order valence-corrected chi connectivity index (χ2v) is 6.88. The molecule has 0 aliphatic rings. The average Bonchev–Trinajstić information content (AvgIpc) is 2.41. The van der Waals surface area contributed by atoms with Crippen LogP contribution in [0.5, 0.6) is 0 Å². The highest BCUT2D eigenvalue weighted by Crippen LogP contribution is 2.24. The van der Waals surface area contributed by atoms with E-state index < -0.39 is 0 Å². The number of nitrogens with two attached hydrogens (primary N) is 1. The lowest BCUT2D eigenvalue weighted by Gasteiger charge is -2.12. The van der Waals surface area contributed by atoms with E-state index in [9.17, 15) is 4.39 Å². The number of hydrogen-bond donors (Lipinski definition) is 1. The predicted molar refractivity (Wildman–Crippen MR) is 88.0 cm³/mol. The zero-order valence-corrected chi connectivity index (χ0v) is 13.8. The predicted octanol–water partition coefficient (Wildman–Crippen LogP) is 4.90. The van der Waals surface area contributed by atoms with Crippen molar-refractivity contribution >= 4 is 39.3 Å². The Balaban J connectivity index is 1.89. The van der Waals surface area contributed by atoms with E-state index in [-0.39, 0.29) is 11.9 Å². The third kappa shape index (κ3) is 4.77. The highest BCUT2D eigenvalue weighted by Gasteiger charge is 2.08. The SMILES string of the molecule is NC(CSc1ccc(F)cc1)Cc1ccc(Br)cc1Cl. The number of benzene rings is 2. The van der Waals surface area contributed by atoms with Crippen molar-refractivity contribution in [1.82, 2.24) is 0 Å². The molecule has 2 rings (SSSR count). The topological polar surface area (TPSA) is 26.0 Å². The van der Waals surface area contributed by atoms with Crippen molar-refractivity contribution in [1.29, 1.82) is 0 Å². The molecule has 106 valence electrons. The minimum Gasteiger partial charge on any atom is -0.327 e. The molecule has 1 nitrogen and oxygen atoms in total. The summed E-state index contributed by atoms with van der Waals surface area (Å²) in [6.45, 7) is 0. The first-order valence-electron chi connectivity index (χ1n) is 6.12. The summed E-state index contributed by atoms with van der Waals surface area (Å²) in [7, 11) is 0. The Morgan fingerprint density at radius 2 is 1.90 bits per heavy atom. The first kappa shape index (κ1) is 15.8. The first-order valence-corrected chi connectivity index (χ1v) is 8.28. The zero-order chi connectivity index (χ0) is 14.5. The summed E-state index contributed by atoms with van der Waals surface area (Å²) >= 11 is 11.2. The molecule has 20 heavy (non-hydrogen) atoms. The van der Waals surface area contributed by atoms with Crippen LogP contribution in [-0.4, -0.2) is 11.8 Å². The van der Waals surface area contributed by atoms with Crippen LogP contribution in [0.25, 0.3) is 0 Å². The second-order valence-electron chi connectivity index (χ2n) is 4.46. The van der Waals surface area contributed by atoms with Gasteiger partial charge in [-0.15, -0.1) is 11.8 Å². The molecule has 0 spiro atoms. The van der Waals surface area contributed by atoms with Gasteiger partial charge in [0.2, 0.25) is 0 Å². The fourth-order valence-corrected chi connectivity index (χ4v) is 3.37. The fourth-order valence-electron chi connectivity index (χ4n) is 1.76. The molecule has 0 radical (unpaired) electrons. The molecule has 0 bridgehead atoms. The maximum atomic E-state index is 12.8. The molecule has 1 atom stereocenters. The Morgan fingerprint density at radius 1 is 1.20 bits per heavy atom. The summed E-state index contributed by atoms with van der Waals surface area (Å²) in [5, 5.41) is 0.724.